The quantitative estimate of drug-likeness (QED) is 0.0578. The Labute approximate surface area is 384 Å². The Morgan fingerprint density at radius 1 is 0.855 bits per heavy atom. The monoisotopic (exact) mass is 920 g/mol. The molecule has 2 heterocycles. The van der Waals surface area contributed by atoms with Crippen molar-refractivity contribution in [2.75, 3.05) is 13.7 Å². The number of aromatic nitrogens is 2. The first kappa shape index (κ1) is 56.3. The molecular weight excluding hydrogens is 841 g/mol. The fourth-order valence-corrected chi connectivity index (χ4v) is 6.13. The predicted molar refractivity (Wildman–Crippen MR) is 263 cm³/mol. The molecule has 1 fully saturated rings. The van der Waals surface area contributed by atoms with E-state index in [1.807, 2.05) is 132 Å². The fourth-order valence-electron chi connectivity index (χ4n) is 5.81. The van der Waals surface area contributed by atoms with Gasteiger partial charge >= 0.3 is 13.1 Å². The highest BCUT2D eigenvalue weighted by molar-refractivity contribution is 9.10. The second-order valence-corrected chi connectivity index (χ2v) is 19.3. The first-order valence-electron chi connectivity index (χ1n) is 21.9. The molecule has 1 aliphatic rings. The number of hydrogen-bond donors (Lipinski definition) is 1. The van der Waals surface area contributed by atoms with Crippen molar-refractivity contribution in [2.45, 2.75) is 171 Å². The van der Waals surface area contributed by atoms with Gasteiger partial charge in [0.15, 0.2) is 0 Å². The standard InChI is InChI=1S/C20H32BNO4.C16H21BrN2O.C11H14O.C3H8.CH4/c1-18(2,3)24-17(23)16(22-8)13-14-9-11-15(12-10-14)21-25-19(4,5)20(6,7)26-21;1-2-3-4-5-6-11-20-15-9-7-14(8-10-15)19-12-16(17)18-13-19;1-11(2,3)10-6-4-9(8-12)5-7-10;1-3-2;/h9-12,16,22H,13H2,1-8H3;7-10,12-13H,2-6,11H2,1H3;4-8H,1-3H3;3H2,1-2H3;1H4. The van der Waals surface area contributed by atoms with Crippen LogP contribution in [0.1, 0.15) is 157 Å². The summed E-state index contributed by atoms with van der Waals surface area (Å²) in [7, 11) is 1.40. The number of rotatable bonds is 14. The average Bonchev–Trinajstić information content (AvgIpc) is 3.73. The molecule has 0 amide bonds. The number of unbranched alkanes of at least 4 members (excludes halogenated alkanes) is 4. The van der Waals surface area contributed by atoms with Crippen molar-refractivity contribution in [1.82, 2.24) is 14.9 Å². The van der Waals surface area contributed by atoms with E-state index in [4.69, 9.17) is 18.8 Å². The molecule has 0 aliphatic carbocycles. The first-order valence-corrected chi connectivity index (χ1v) is 22.7. The van der Waals surface area contributed by atoms with E-state index in [1.54, 1.807) is 13.4 Å². The van der Waals surface area contributed by atoms with Gasteiger partial charge in [-0.15, -0.1) is 0 Å². The number of halogens is 1. The summed E-state index contributed by atoms with van der Waals surface area (Å²) < 4.78 is 26.2. The van der Waals surface area contributed by atoms with Crippen molar-refractivity contribution in [3.05, 3.63) is 107 Å². The number of ether oxygens (including phenoxy) is 2. The van der Waals surface area contributed by atoms with Crippen LogP contribution in [0.5, 0.6) is 5.75 Å². The number of carbonyl (C=O) groups is 2. The number of benzene rings is 3. The topological polar surface area (TPSA) is 101 Å². The van der Waals surface area contributed by atoms with Gasteiger partial charge in [-0.2, -0.15) is 0 Å². The lowest BCUT2D eigenvalue weighted by atomic mass is 9.78. The molecule has 5 rings (SSSR count). The molecular formula is C51H79BBrN3O6. The number of hydrogen-bond acceptors (Lipinski definition) is 8. The average molecular weight is 921 g/mol. The summed E-state index contributed by atoms with van der Waals surface area (Å²) in [5, 5.41) is 3.04. The second kappa shape index (κ2) is 26.8. The minimum atomic E-state index is -0.493. The number of aldehydes is 1. The first-order chi connectivity index (χ1) is 28.6. The van der Waals surface area contributed by atoms with Gasteiger partial charge in [0.2, 0.25) is 0 Å². The van der Waals surface area contributed by atoms with Gasteiger partial charge in [0.05, 0.1) is 17.8 Å². The molecule has 0 saturated carbocycles. The van der Waals surface area contributed by atoms with Gasteiger partial charge in [0.25, 0.3) is 0 Å². The molecule has 344 valence electrons. The van der Waals surface area contributed by atoms with Gasteiger partial charge < -0.3 is 28.7 Å². The summed E-state index contributed by atoms with van der Waals surface area (Å²) in [4.78, 5) is 26.8. The summed E-state index contributed by atoms with van der Waals surface area (Å²) in [5.41, 5.74) is 4.07. The van der Waals surface area contributed by atoms with Crippen molar-refractivity contribution < 1.29 is 28.4 Å². The molecule has 1 atom stereocenters. The molecule has 1 unspecified atom stereocenters. The number of nitrogens with zero attached hydrogens (tertiary/aromatic N) is 2. The summed E-state index contributed by atoms with van der Waals surface area (Å²) in [5.74, 6) is 0.693. The SMILES string of the molecule is C.CC(C)(C)c1ccc(C=O)cc1.CCC.CCCCCCCOc1ccc(-n2cnc(Br)c2)cc1.CNC(Cc1ccc(B2OC(C)(C)C(C)(C)O2)cc1)C(=O)OC(C)(C)C. The van der Waals surface area contributed by atoms with E-state index < -0.39 is 5.60 Å². The van der Waals surface area contributed by atoms with Crippen molar-refractivity contribution in [2.24, 2.45) is 0 Å². The maximum absolute atomic E-state index is 12.3. The number of esters is 1. The van der Waals surface area contributed by atoms with E-state index in [2.05, 4.69) is 67.8 Å². The molecule has 11 heteroatoms. The Bertz CT molecular complexity index is 1830. The highest BCUT2D eigenvalue weighted by atomic mass is 79.9. The highest BCUT2D eigenvalue weighted by Crippen LogP contribution is 2.36. The molecule has 1 saturated heterocycles. The lowest BCUT2D eigenvalue weighted by Crippen LogP contribution is -2.41. The third kappa shape index (κ3) is 19.7. The number of carbonyl (C=O) groups excluding carboxylic acids is 2. The zero-order valence-electron chi connectivity index (χ0n) is 39.7. The number of nitrogens with one attached hydrogen (secondary N) is 1. The second-order valence-electron chi connectivity index (χ2n) is 18.5. The number of imidazole rings is 1. The van der Waals surface area contributed by atoms with Crippen molar-refractivity contribution in [3.8, 4) is 11.4 Å². The van der Waals surface area contributed by atoms with Crippen LogP contribution in [0.15, 0.2) is 89.9 Å². The van der Waals surface area contributed by atoms with E-state index in [-0.39, 0.29) is 43.2 Å². The van der Waals surface area contributed by atoms with Crippen LogP contribution >= 0.6 is 15.9 Å². The van der Waals surface area contributed by atoms with Crippen molar-refractivity contribution in [1.29, 1.82) is 0 Å². The third-order valence-corrected chi connectivity index (χ3v) is 10.5. The Kier molecular flexibility index (Phi) is 24.3. The van der Waals surface area contributed by atoms with Gasteiger partial charge in [-0.25, -0.2) is 4.98 Å². The number of likely N-dealkylation sites (N-methyl/N-ethyl adjacent to an activating group) is 1. The Morgan fingerprint density at radius 3 is 1.85 bits per heavy atom. The van der Waals surface area contributed by atoms with Crippen molar-refractivity contribution in [3.63, 3.8) is 0 Å². The van der Waals surface area contributed by atoms with E-state index in [1.165, 1.54) is 37.7 Å². The van der Waals surface area contributed by atoms with Gasteiger partial charge in [-0.1, -0.05) is 130 Å². The lowest BCUT2D eigenvalue weighted by molar-refractivity contribution is -0.157. The minimum absolute atomic E-state index is 0. The van der Waals surface area contributed by atoms with Crippen LogP contribution in [-0.2, 0) is 30.7 Å². The molecule has 0 radical (unpaired) electrons. The predicted octanol–water partition coefficient (Wildman–Crippen LogP) is 12.3. The van der Waals surface area contributed by atoms with Gasteiger partial charge in [0, 0.05) is 17.4 Å². The van der Waals surface area contributed by atoms with Crippen LogP contribution in [-0.4, -0.2) is 65.4 Å². The summed E-state index contributed by atoms with van der Waals surface area (Å²) in [6.07, 6.45) is 12.7. The molecule has 1 aliphatic heterocycles. The third-order valence-electron chi connectivity index (χ3n) is 10.1. The maximum atomic E-state index is 12.3. The van der Waals surface area contributed by atoms with Crippen LogP contribution in [0.2, 0.25) is 0 Å². The Balaban J connectivity index is 0.000000472. The van der Waals surface area contributed by atoms with Gasteiger partial charge in [-0.3, -0.25) is 9.59 Å². The summed E-state index contributed by atoms with van der Waals surface area (Å²) >= 11 is 3.35. The molecule has 0 bridgehead atoms. The van der Waals surface area contributed by atoms with Crippen LogP contribution in [0.3, 0.4) is 0 Å². The smallest absolute Gasteiger partial charge is 0.494 e. The minimum Gasteiger partial charge on any atom is -0.494 e. The van der Waals surface area contributed by atoms with E-state index >= 15 is 0 Å². The van der Waals surface area contributed by atoms with Gasteiger partial charge in [-0.05, 0) is 131 Å². The van der Waals surface area contributed by atoms with E-state index in [9.17, 15) is 9.59 Å². The highest BCUT2D eigenvalue weighted by Gasteiger charge is 2.51. The lowest BCUT2D eigenvalue weighted by Gasteiger charge is -2.32. The largest absolute Gasteiger partial charge is 0.494 e. The van der Waals surface area contributed by atoms with E-state index in [0.29, 0.717) is 6.42 Å². The molecule has 9 nitrogen and oxygen atoms in total. The fraction of sp³-hybridized carbons (Fsp3) is 0.549. The molecule has 1 N–H and O–H groups in total. The summed E-state index contributed by atoms with van der Waals surface area (Å²) in [6.45, 7) is 27.5. The van der Waals surface area contributed by atoms with E-state index in [0.717, 1.165) is 51.9 Å². The maximum Gasteiger partial charge on any atom is 0.494 e. The van der Waals surface area contributed by atoms with Crippen LogP contribution < -0.4 is 15.5 Å². The normalized spacial score (nSPS) is 14.3. The van der Waals surface area contributed by atoms with Crippen LogP contribution in [0, 0.1) is 0 Å². The van der Waals surface area contributed by atoms with Crippen LogP contribution in [0.25, 0.3) is 5.69 Å². The summed E-state index contributed by atoms with van der Waals surface area (Å²) in [6, 6.07) is 23.5. The Morgan fingerprint density at radius 2 is 1.40 bits per heavy atom. The zero-order chi connectivity index (χ0) is 45.9. The van der Waals surface area contributed by atoms with Crippen molar-refractivity contribution >= 4 is 40.8 Å². The molecule has 3 aromatic carbocycles. The Hall–Kier alpha value is -3.77. The molecule has 1 aromatic heterocycles. The van der Waals surface area contributed by atoms with Gasteiger partial charge in [0.1, 0.15) is 34.6 Å². The van der Waals surface area contributed by atoms with Crippen LogP contribution in [0.4, 0.5) is 0 Å². The zero-order valence-corrected chi connectivity index (χ0v) is 41.3. The molecule has 4 aromatic rings. The molecule has 0 spiro atoms. The molecule has 62 heavy (non-hydrogen) atoms.